The highest BCUT2D eigenvalue weighted by molar-refractivity contribution is 5.92. The molecule has 0 aliphatic rings. The summed E-state index contributed by atoms with van der Waals surface area (Å²) >= 11 is 0. The number of hydrogen-bond acceptors (Lipinski definition) is 3. The number of aryl methyl sites for hydroxylation is 2. The molecule has 1 aromatic heterocycles. The van der Waals surface area contributed by atoms with Crippen molar-refractivity contribution in [2.24, 2.45) is 0 Å². The first-order chi connectivity index (χ1) is 6.06. The molecule has 0 bridgehead atoms. The third-order valence-electron chi connectivity index (χ3n) is 1.72. The molecule has 0 saturated carbocycles. The first-order valence-corrected chi connectivity index (χ1v) is 4.19. The molecule has 5 nitrogen and oxygen atoms in total. The molecule has 1 rings (SSSR count). The van der Waals surface area contributed by atoms with Crippen LogP contribution >= 0.6 is 0 Å². The largest absolute Gasteiger partial charge is 0.343 e. The Morgan fingerprint density at radius 1 is 1.46 bits per heavy atom. The van der Waals surface area contributed by atoms with Crippen LogP contribution in [0, 0.1) is 6.92 Å². The Hall–Kier alpha value is -1.39. The van der Waals surface area contributed by atoms with Crippen LogP contribution in [0.3, 0.4) is 0 Å². The van der Waals surface area contributed by atoms with Crippen LogP contribution in [0.5, 0.6) is 0 Å². The number of amides is 1. The Morgan fingerprint density at radius 2 is 2.08 bits per heavy atom. The van der Waals surface area contributed by atoms with E-state index in [1.54, 1.807) is 21.0 Å². The molecule has 0 atom stereocenters. The fraction of sp³-hybridized carbons (Fsp3) is 0.625. The number of hydrogen-bond donors (Lipinski definition) is 0. The minimum atomic E-state index is -0.0998. The van der Waals surface area contributed by atoms with Gasteiger partial charge in [0.15, 0.2) is 5.69 Å². The van der Waals surface area contributed by atoms with Gasteiger partial charge in [-0.2, -0.15) is 9.90 Å². The van der Waals surface area contributed by atoms with Crippen LogP contribution in [-0.2, 0) is 6.54 Å². The molecule has 0 radical (unpaired) electrons. The molecule has 0 N–H and O–H groups in total. The Morgan fingerprint density at radius 3 is 2.46 bits per heavy atom. The second kappa shape index (κ2) is 3.55. The number of carbonyl (C=O) groups is 1. The van der Waals surface area contributed by atoms with Crippen LogP contribution in [0.25, 0.3) is 0 Å². The molecule has 0 aromatic carbocycles. The van der Waals surface area contributed by atoms with E-state index in [-0.39, 0.29) is 5.91 Å². The lowest BCUT2D eigenvalue weighted by atomic mass is 10.3. The third kappa shape index (κ3) is 1.85. The van der Waals surface area contributed by atoms with Crippen molar-refractivity contribution in [3.8, 4) is 0 Å². The molecule has 0 aliphatic heterocycles. The third-order valence-corrected chi connectivity index (χ3v) is 1.72. The average Bonchev–Trinajstić information content (AvgIpc) is 2.45. The Bertz CT molecular complexity index is 316. The predicted octanol–water partition coefficient (Wildman–Crippen LogP) is 0.308. The van der Waals surface area contributed by atoms with Gasteiger partial charge in [-0.05, 0) is 13.8 Å². The SMILES string of the molecule is CCn1nc(C)c(C(=O)N(C)C)n1. The lowest BCUT2D eigenvalue weighted by molar-refractivity contribution is 0.0820. The van der Waals surface area contributed by atoms with Gasteiger partial charge in [0.05, 0.1) is 12.2 Å². The highest BCUT2D eigenvalue weighted by atomic mass is 16.2. The molecule has 72 valence electrons. The van der Waals surface area contributed by atoms with Gasteiger partial charge in [0, 0.05) is 14.1 Å². The molecule has 0 fully saturated rings. The van der Waals surface area contributed by atoms with Crippen molar-refractivity contribution < 1.29 is 4.79 Å². The fourth-order valence-electron chi connectivity index (χ4n) is 0.981. The summed E-state index contributed by atoms with van der Waals surface area (Å²) in [5.41, 5.74) is 1.12. The topological polar surface area (TPSA) is 51.0 Å². The fourth-order valence-corrected chi connectivity index (χ4v) is 0.981. The standard InChI is InChI=1S/C8H14N4O/c1-5-12-9-6(2)7(10-12)8(13)11(3)4/h5H2,1-4H3. The van der Waals surface area contributed by atoms with E-state index in [1.165, 1.54) is 9.70 Å². The van der Waals surface area contributed by atoms with Crippen molar-refractivity contribution in [3.05, 3.63) is 11.4 Å². The van der Waals surface area contributed by atoms with Gasteiger partial charge < -0.3 is 4.90 Å². The van der Waals surface area contributed by atoms with Crippen LogP contribution in [0.1, 0.15) is 23.1 Å². The summed E-state index contributed by atoms with van der Waals surface area (Å²) < 4.78 is 0. The predicted molar refractivity (Wildman–Crippen MR) is 48.5 cm³/mol. The van der Waals surface area contributed by atoms with Crippen molar-refractivity contribution in [2.45, 2.75) is 20.4 Å². The Labute approximate surface area is 77.3 Å². The molecule has 1 aromatic rings. The normalized spacial score (nSPS) is 10.2. The molecular formula is C8H14N4O. The van der Waals surface area contributed by atoms with Gasteiger partial charge in [0.1, 0.15) is 0 Å². The molecule has 0 aliphatic carbocycles. The monoisotopic (exact) mass is 182 g/mol. The first kappa shape index (κ1) is 9.70. The second-order valence-electron chi connectivity index (χ2n) is 3.02. The van der Waals surface area contributed by atoms with Crippen LogP contribution in [0.2, 0.25) is 0 Å². The summed E-state index contributed by atoms with van der Waals surface area (Å²) in [6.45, 7) is 4.40. The van der Waals surface area contributed by atoms with Crippen molar-refractivity contribution in [1.82, 2.24) is 19.9 Å². The number of rotatable bonds is 2. The second-order valence-corrected chi connectivity index (χ2v) is 3.02. The molecule has 1 amide bonds. The maximum absolute atomic E-state index is 11.5. The van der Waals surface area contributed by atoms with Gasteiger partial charge in [-0.1, -0.05) is 0 Å². The summed E-state index contributed by atoms with van der Waals surface area (Å²) in [5.74, 6) is -0.0998. The van der Waals surface area contributed by atoms with Crippen LogP contribution in [0.15, 0.2) is 0 Å². The summed E-state index contributed by atoms with van der Waals surface area (Å²) in [7, 11) is 3.40. The van der Waals surface area contributed by atoms with E-state index in [0.29, 0.717) is 17.9 Å². The summed E-state index contributed by atoms with van der Waals surface area (Å²) in [6, 6.07) is 0. The zero-order chi connectivity index (χ0) is 10.0. The molecular weight excluding hydrogens is 168 g/mol. The highest BCUT2D eigenvalue weighted by Crippen LogP contribution is 2.03. The minimum Gasteiger partial charge on any atom is -0.343 e. The molecule has 0 spiro atoms. The summed E-state index contributed by atoms with van der Waals surface area (Å²) in [5, 5.41) is 8.15. The van der Waals surface area contributed by atoms with E-state index < -0.39 is 0 Å². The smallest absolute Gasteiger partial charge is 0.275 e. The minimum absolute atomic E-state index is 0.0998. The van der Waals surface area contributed by atoms with Gasteiger partial charge in [-0.3, -0.25) is 4.79 Å². The van der Waals surface area contributed by atoms with Gasteiger partial charge in [-0.25, -0.2) is 0 Å². The first-order valence-electron chi connectivity index (χ1n) is 4.19. The summed E-state index contributed by atoms with van der Waals surface area (Å²) in [6.07, 6.45) is 0. The maximum Gasteiger partial charge on any atom is 0.275 e. The Kier molecular flexibility index (Phi) is 2.65. The Balaban J connectivity index is 3.00. The van der Waals surface area contributed by atoms with Crippen LogP contribution in [-0.4, -0.2) is 39.9 Å². The lowest BCUT2D eigenvalue weighted by Gasteiger charge is -2.06. The van der Waals surface area contributed by atoms with Gasteiger partial charge in [0.2, 0.25) is 0 Å². The van der Waals surface area contributed by atoms with Crippen molar-refractivity contribution >= 4 is 5.91 Å². The quantitative estimate of drug-likeness (QED) is 0.661. The molecule has 13 heavy (non-hydrogen) atoms. The van der Waals surface area contributed by atoms with E-state index >= 15 is 0 Å². The zero-order valence-electron chi connectivity index (χ0n) is 8.40. The van der Waals surface area contributed by atoms with Crippen molar-refractivity contribution in [3.63, 3.8) is 0 Å². The van der Waals surface area contributed by atoms with Crippen molar-refractivity contribution in [1.29, 1.82) is 0 Å². The number of nitrogens with zero attached hydrogens (tertiary/aromatic N) is 4. The summed E-state index contributed by atoms with van der Waals surface area (Å²) in [4.78, 5) is 14.5. The van der Waals surface area contributed by atoms with Crippen LogP contribution < -0.4 is 0 Å². The van der Waals surface area contributed by atoms with E-state index in [4.69, 9.17) is 0 Å². The van der Waals surface area contributed by atoms with Crippen LogP contribution in [0.4, 0.5) is 0 Å². The number of carbonyl (C=O) groups excluding carboxylic acids is 1. The molecule has 0 saturated heterocycles. The average molecular weight is 182 g/mol. The molecule has 1 heterocycles. The van der Waals surface area contributed by atoms with Gasteiger partial charge in [0.25, 0.3) is 5.91 Å². The van der Waals surface area contributed by atoms with Crippen molar-refractivity contribution in [2.75, 3.05) is 14.1 Å². The van der Waals surface area contributed by atoms with E-state index in [9.17, 15) is 4.79 Å². The molecule has 5 heteroatoms. The molecule has 0 unspecified atom stereocenters. The van der Waals surface area contributed by atoms with E-state index in [1.807, 2.05) is 6.92 Å². The van der Waals surface area contributed by atoms with Gasteiger partial charge in [-0.15, -0.1) is 5.10 Å². The van der Waals surface area contributed by atoms with Gasteiger partial charge >= 0.3 is 0 Å². The van der Waals surface area contributed by atoms with E-state index in [0.717, 1.165) is 0 Å². The number of aromatic nitrogens is 3. The maximum atomic E-state index is 11.5. The van der Waals surface area contributed by atoms with E-state index in [2.05, 4.69) is 10.2 Å². The highest BCUT2D eigenvalue weighted by Gasteiger charge is 2.16. The lowest BCUT2D eigenvalue weighted by Crippen LogP contribution is -2.23. The zero-order valence-corrected chi connectivity index (χ0v) is 8.40.